The Labute approximate surface area is 126 Å². The van der Waals surface area contributed by atoms with Crippen LogP contribution in [0.2, 0.25) is 0 Å². The van der Waals surface area contributed by atoms with Crippen molar-refractivity contribution in [3.63, 3.8) is 0 Å². The molecular formula is C15H14N4O3. The average Bonchev–Trinajstić information content (AvgIpc) is 3.01. The number of nitriles is 1. The number of carboxylic acid groups (broad SMARTS) is 1. The zero-order valence-corrected chi connectivity index (χ0v) is 11.8. The van der Waals surface area contributed by atoms with E-state index in [4.69, 9.17) is 9.52 Å². The molecule has 0 bridgehead atoms. The maximum absolute atomic E-state index is 10.7. The number of aliphatic carboxylic acids is 1. The maximum Gasteiger partial charge on any atom is 0.303 e. The number of carboxylic acids is 1. The van der Waals surface area contributed by atoms with Gasteiger partial charge in [-0.05, 0) is 24.6 Å². The van der Waals surface area contributed by atoms with Gasteiger partial charge in [0.2, 0.25) is 5.95 Å². The molecule has 0 unspecified atom stereocenters. The first-order valence-electron chi connectivity index (χ1n) is 6.87. The van der Waals surface area contributed by atoms with E-state index in [1.807, 2.05) is 11.0 Å². The van der Waals surface area contributed by atoms with E-state index in [1.165, 1.54) is 0 Å². The van der Waals surface area contributed by atoms with Crippen molar-refractivity contribution >= 4 is 11.9 Å². The molecule has 7 heteroatoms. The highest BCUT2D eigenvalue weighted by Crippen LogP contribution is 2.36. The zero-order chi connectivity index (χ0) is 15.6. The molecule has 1 aliphatic heterocycles. The molecule has 0 aromatic carbocycles. The van der Waals surface area contributed by atoms with Crippen LogP contribution in [0.3, 0.4) is 0 Å². The SMILES string of the molecule is N#CC1(CCC(=O)O)CN(c2nccc(-c3ccco3)n2)C1. The van der Waals surface area contributed by atoms with E-state index in [0.29, 0.717) is 36.9 Å². The van der Waals surface area contributed by atoms with Crippen molar-refractivity contribution in [3.8, 4) is 17.5 Å². The summed E-state index contributed by atoms with van der Waals surface area (Å²) >= 11 is 0. The number of hydrogen-bond donors (Lipinski definition) is 1. The molecule has 1 aliphatic rings. The number of carbonyl (C=O) groups is 1. The van der Waals surface area contributed by atoms with Crippen LogP contribution in [-0.2, 0) is 4.79 Å². The molecular weight excluding hydrogens is 284 g/mol. The molecule has 22 heavy (non-hydrogen) atoms. The van der Waals surface area contributed by atoms with Crippen molar-refractivity contribution in [2.24, 2.45) is 5.41 Å². The second-order valence-electron chi connectivity index (χ2n) is 5.36. The Morgan fingerprint density at radius 2 is 2.32 bits per heavy atom. The van der Waals surface area contributed by atoms with Gasteiger partial charge in [-0.1, -0.05) is 0 Å². The summed E-state index contributed by atoms with van der Waals surface area (Å²) < 4.78 is 5.31. The molecule has 1 fully saturated rings. The van der Waals surface area contributed by atoms with Crippen molar-refractivity contribution in [1.29, 1.82) is 5.26 Å². The second-order valence-corrected chi connectivity index (χ2v) is 5.36. The fraction of sp³-hybridized carbons (Fsp3) is 0.333. The lowest BCUT2D eigenvalue weighted by Crippen LogP contribution is -2.56. The van der Waals surface area contributed by atoms with Gasteiger partial charge in [-0.2, -0.15) is 5.26 Å². The largest absolute Gasteiger partial charge is 0.481 e. The molecule has 0 radical (unpaired) electrons. The Kier molecular flexibility index (Phi) is 3.51. The summed E-state index contributed by atoms with van der Waals surface area (Å²) in [5, 5.41) is 18.1. The minimum absolute atomic E-state index is 0.00527. The maximum atomic E-state index is 10.7. The molecule has 0 saturated carbocycles. The van der Waals surface area contributed by atoms with E-state index < -0.39 is 11.4 Å². The van der Waals surface area contributed by atoms with Gasteiger partial charge in [-0.3, -0.25) is 4.79 Å². The van der Waals surface area contributed by atoms with Crippen molar-refractivity contribution in [2.75, 3.05) is 18.0 Å². The second kappa shape index (κ2) is 5.48. The Morgan fingerprint density at radius 3 is 2.95 bits per heavy atom. The highest BCUT2D eigenvalue weighted by atomic mass is 16.4. The minimum Gasteiger partial charge on any atom is -0.481 e. The lowest BCUT2D eigenvalue weighted by molar-refractivity contribution is -0.137. The van der Waals surface area contributed by atoms with E-state index in [9.17, 15) is 10.1 Å². The van der Waals surface area contributed by atoms with Gasteiger partial charge in [0, 0.05) is 25.7 Å². The smallest absolute Gasteiger partial charge is 0.303 e. The molecule has 1 saturated heterocycles. The predicted octanol–water partition coefficient (Wildman–Crippen LogP) is 1.93. The molecule has 1 N–H and O–H groups in total. The van der Waals surface area contributed by atoms with E-state index in [0.717, 1.165) is 0 Å². The molecule has 0 aliphatic carbocycles. The summed E-state index contributed by atoms with van der Waals surface area (Å²) in [5.41, 5.74) is 0.0533. The van der Waals surface area contributed by atoms with Crippen LogP contribution >= 0.6 is 0 Å². The van der Waals surface area contributed by atoms with Crippen LogP contribution in [0, 0.1) is 16.7 Å². The van der Waals surface area contributed by atoms with Gasteiger partial charge in [0.05, 0.1) is 17.7 Å². The molecule has 3 rings (SSSR count). The van der Waals surface area contributed by atoms with Crippen molar-refractivity contribution in [3.05, 3.63) is 30.7 Å². The zero-order valence-electron chi connectivity index (χ0n) is 11.8. The Balaban J connectivity index is 1.71. The molecule has 112 valence electrons. The third-order valence-electron chi connectivity index (χ3n) is 3.74. The standard InChI is InChI=1S/C15H14N4O3/c16-8-15(5-3-13(20)21)9-19(10-15)14-17-6-4-11(18-14)12-2-1-7-22-12/h1-2,4,6-7H,3,5,9-10H2,(H,20,21). The highest BCUT2D eigenvalue weighted by Gasteiger charge is 2.44. The fourth-order valence-corrected chi connectivity index (χ4v) is 2.52. The molecule has 3 heterocycles. The first kappa shape index (κ1) is 14.1. The number of nitrogens with zero attached hydrogens (tertiary/aromatic N) is 4. The van der Waals surface area contributed by atoms with Crippen LogP contribution in [0.4, 0.5) is 5.95 Å². The van der Waals surface area contributed by atoms with E-state index in [1.54, 1.807) is 24.6 Å². The van der Waals surface area contributed by atoms with E-state index in [2.05, 4.69) is 16.0 Å². The molecule has 0 spiro atoms. The first-order valence-corrected chi connectivity index (χ1v) is 6.87. The summed E-state index contributed by atoms with van der Waals surface area (Å²) in [5.74, 6) is 0.292. The van der Waals surface area contributed by atoms with Gasteiger partial charge in [0.15, 0.2) is 5.76 Å². The summed E-state index contributed by atoms with van der Waals surface area (Å²) in [7, 11) is 0. The monoisotopic (exact) mass is 298 g/mol. The third-order valence-corrected chi connectivity index (χ3v) is 3.74. The number of rotatable bonds is 5. The van der Waals surface area contributed by atoms with Crippen molar-refractivity contribution in [1.82, 2.24) is 9.97 Å². The number of aromatic nitrogens is 2. The average molecular weight is 298 g/mol. The lowest BCUT2D eigenvalue weighted by Gasteiger charge is -2.45. The van der Waals surface area contributed by atoms with Gasteiger partial charge in [-0.15, -0.1) is 0 Å². The Hall–Kier alpha value is -2.88. The molecule has 2 aromatic rings. The summed E-state index contributed by atoms with van der Waals surface area (Å²) in [6.45, 7) is 0.886. The lowest BCUT2D eigenvalue weighted by atomic mass is 9.77. The van der Waals surface area contributed by atoms with Crippen LogP contribution in [0.15, 0.2) is 35.1 Å². The van der Waals surface area contributed by atoms with Crippen LogP contribution in [0.5, 0.6) is 0 Å². The van der Waals surface area contributed by atoms with Crippen molar-refractivity contribution < 1.29 is 14.3 Å². The molecule has 0 atom stereocenters. The molecule has 2 aromatic heterocycles. The van der Waals surface area contributed by atoms with Crippen molar-refractivity contribution in [2.45, 2.75) is 12.8 Å². The van der Waals surface area contributed by atoms with Gasteiger partial charge < -0.3 is 14.4 Å². The number of hydrogen-bond acceptors (Lipinski definition) is 6. The van der Waals surface area contributed by atoms with Crippen LogP contribution < -0.4 is 4.90 Å². The molecule has 0 amide bonds. The number of furan rings is 1. The van der Waals surface area contributed by atoms with Gasteiger partial charge in [0.25, 0.3) is 0 Å². The van der Waals surface area contributed by atoms with Gasteiger partial charge in [-0.25, -0.2) is 9.97 Å². The predicted molar refractivity (Wildman–Crippen MR) is 76.9 cm³/mol. The van der Waals surface area contributed by atoms with Crippen LogP contribution in [-0.4, -0.2) is 34.1 Å². The highest BCUT2D eigenvalue weighted by molar-refractivity contribution is 5.67. The minimum atomic E-state index is -0.885. The fourth-order valence-electron chi connectivity index (χ4n) is 2.52. The summed E-state index contributed by atoms with van der Waals surface area (Å²) in [6, 6.07) is 7.59. The summed E-state index contributed by atoms with van der Waals surface area (Å²) in [4.78, 5) is 21.2. The van der Waals surface area contributed by atoms with Crippen LogP contribution in [0.25, 0.3) is 11.5 Å². The summed E-state index contributed by atoms with van der Waals surface area (Å²) in [6.07, 6.45) is 3.55. The van der Waals surface area contributed by atoms with Gasteiger partial charge in [0.1, 0.15) is 5.69 Å². The Bertz CT molecular complexity index is 715. The molecule has 7 nitrogen and oxygen atoms in total. The van der Waals surface area contributed by atoms with E-state index >= 15 is 0 Å². The van der Waals surface area contributed by atoms with Crippen LogP contribution in [0.1, 0.15) is 12.8 Å². The third kappa shape index (κ3) is 2.63. The normalized spacial score (nSPS) is 15.9. The van der Waals surface area contributed by atoms with Gasteiger partial charge >= 0.3 is 5.97 Å². The Morgan fingerprint density at radius 1 is 1.50 bits per heavy atom. The van der Waals surface area contributed by atoms with E-state index in [-0.39, 0.29) is 6.42 Å². The number of anilines is 1. The first-order chi connectivity index (χ1) is 10.6. The quantitative estimate of drug-likeness (QED) is 0.899. The topological polar surface area (TPSA) is 103 Å².